The Hall–Kier alpha value is -1.95. The van der Waals surface area contributed by atoms with Crippen molar-refractivity contribution in [1.82, 2.24) is 19.7 Å². The molecule has 1 amide bonds. The van der Waals surface area contributed by atoms with Crippen LogP contribution in [-0.4, -0.2) is 38.7 Å². The van der Waals surface area contributed by atoms with Crippen LogP contribution in [0.2, 0.25) is 0 Å². The first-order valence-electron chi connectivity index (χ1n) is 8.83. The Balaban J connectivity index is 1.46. The van der Waals surface area contributed by atoms with Crippen molar-refractivity contribution < 1.29 is 4.79 Å². The lowest BCUT2D eigenvalue weighted by atomic mass is 9.64. The van der Waals surface area contributed by atoms with Crippen LogP contribution >= 0.6 is 15.9 Å². The second kappa shape index (κ2) is 5.80. The summed E-state index contributed by atoms with van der Waals surface area (Å²) in [7, 11) is 0. The molecule has 0 N–H and O–H groups in total. The summed E-state index contributed by atoms with van der Waals surface area (Å²) in [5, 5.41) is 4.21. The molecule has 2 bridgehead atoms. The molecule has 2 fully saturated rings. The number of hydrogen-bond acceptors (Lipinski definition) is 3. The van der Waals surface area contributed by atoms with Crippen molar-refractivity contribution >= 4 is 21.8 Å². The summed E-state index contributed by atoms with van der Waals surface area (Å²) in [5.74, 6) is 2.70. The number of amides is 1. The van der Waals surface area contributed by atoms with Gasteiger partial charge in [0.05, 0.1) is 11.3 Å². The lowest BCUT2D eigenvalue weighted by Gasteiger charge is -2.40. The van der Waals surface area contributed by atoms with Crippen LogP contribution in [0.15, 0.2) is 47.5 Å². The van der Waals surface area contributed by atoms with Crippen LogP contribution in [0.3, 0.4) is 0 Å². The number of fused-ring (bicyclic) bond motifs is 1. The molecule has 2 heterocycles. The number of nitrogens with zero attached hydrogens (tertiary/aromatic N) is 4. The zero-order chi connectivity index (χ0) is 17.0. The van der Waals surface area contributed by atoms with E-state index in [0.717, 1.165) is 23.2 Å². The molecule has 1 saturated carbocycles. The second-order valence-corrected chi connectivity index (χ2v) is 8.25. The summed E-state index contributed by atoms with van der Waals surface area (Å²) in [4.78, 5) is 19.3. The molecule has 6 heteroatoms. The van der Waals surface area contributed by atoms with E-state index < -0.39 is 0 Å². The van der Waals surface area contributed by atoms with Gasteiger partial charge in [-0.2, -0.15) is 5.10 Å². The monoisotopic (exact) mass is 398 g/mol. The molecular formula is C19H19BrN4O. The third kappa shape index (κ3) is 2.46. The molecule has 4 unspecified atom stereocenters. The zero-order valence-corrected chi connectivity index (χ0v) is 15.3. The molecule has 25 heavy (non-hydrogen) atoms. The van der Waals surface area contributed by atoms with E-state index in [4.69, 9.17) is 0 Å². The number of carbonyl (C=O) groups is 1. The highest BCUT2D eigenvalue weighted by atomic mass is 79.9. The number of rotatable bonds is 2. The largest absolute Gasteiger partial charge is 0.338 e. The average Bonchev–Trinajstić information content (AvgIpc) is 3.32. The van der Waals surface area contributed by atoms with E-state index in [2.05, 4.69) is 43.1 Å². The summed E-state index contributed by atoms with van der Waals surface area (Å²) in [5.41, 5.74) is 1.46. The fourth-order valence-electron chi connectivity index (χ4n) is 4.88. The van der Waals surface area contributed by atoms with Gasteiger partial charge in [0.2, 0.25) is 0 Å². The molecule has 4 aliphatic rings. The number of likely N-dealkylation sites (tertiary alicyclic amines) is 1. The number of allylic oxidation sites excluding steroid dienone is 2. The van der Waals surface area contributed by atoms with Crippen molar-refractivity contribution in [2.24, 2.45) is 23.7 Å². The molecule has 0 radical (unpaired) electrons. The van der Waals surface area contributed by atoms with E-state index in [1.54, 1.807) is 11.0 Å². The summed E-state index contributed by atoms with van der Waals surface area (Å²) >= 11 is 3.49. The highest BCUT2D eigenvalue weighted by Gasteiger charge is 2.47. The van der Waals surface area contributed by atoms with Crippen molar-refractivity contribution in [3.05, 3.63) is 53.0 Å². The van der Waals surface area contributed by atoms with Gasteiger partial charge in [0, 0.05) is 17.6 Å². The van der Waals surface area contributed by atoms with E-state index in [-0.39, 0.29) is 5.91 Å². The Morgan fingerprint density at radius 2 is 1.84 bits per heavy atom. The quantitative estimate of drug-likeness (QED) is 0.729. The van der Waals surface area contributed by atoms with E-state index in [1.165, 1.54) is 19.2 Å². The van der Waals surface area contributed by atoms with Crippen molar-refractivity contribution in [3.8, 4) is 5.69 Å². The van der Waals surface area contributed by atoms with Gasteiger partial charge in [-0.05, 0) is 54.7 Å². The van der Waals surface area contributed by atoms with Gasteiger partial charge < -0.3 is 4.90 Å². The maximum atomic E-state index is 13.3. The maximum Gasteiger partial charge on any atom is 0.256 e. The minimum atomic E-state index is 0.104. The highest BCUT2D eigenvalue weighted by molar-refractivity contribution is 9.10. The van der Waals surface area contributed by atoms with Crippen molar-refractivity contribution in [2.75, 3.05) is 13.1 Å². The van der Waals surface area contributed by atoms with Gasteiger partial charge >= 0.3 is 0 Å². The first-order chi connectivity index (χ1) is 12.2. The van der Waals surface area contributed by atoms with Crippen LogP contribution < -0.4 is 0 Å². The Morgan fingerprint density at radius 1 is 1.12 bits per heavy atom. The Morgan fingerprint density at radius 3 is 2.44 bits per heavy atom. The summed E-state index contributed by atoms with van der Waals surface area (Å²) in [6, 6.07) is 5.73. The summed E-state index contributed by atoms with van der Waals surface area (Å²) in [6.45, 7) is 1.75. The fraction of sp³-hybridized carbons (Fsp3) is 0.421. The van der Waals surface area contributed by atoms with Gasteiger partial charge in [-0.3, -0.25) is 4.79 Å². The molecule has 1 saturated heterocycles. The Bertz CT molecular complexity index is 825. The van der Waals surface area contributed by atoms with Crippen LogP contribution in [0.5, 0.6) is 0 Å². The predicted octanol–water partition coefficient (Wildman–Crippen LogP) is 3.31. The first-order valence-corrected chi connectivity index (χ1v) is 9.62. The van der Waals surface area contributed by atoms with E-state index >= 15 is 0 Å². The van der Waals surface area contributed by atoms with Gasteiger partial charge in [-0.15, -0.1) is 0 Å². The van der Waals surface area contributed by atoms with Gasteiger partial charge in [0.25, 0.3) is 5.91 Å². The normalized spacial score (nSPS) is 29.9. The number of benzene rings is 1. The van der Waals surface area contributed by atoms with Crippen LogP contribution in [0, 0.1) is 23.7 Å². The van der Waals surface area contributed by atoms with Gasteiger partial charge in [-0.1, -0.05) is 28.1 Å². The molecule has 6 rings (SSSR count). The molecule has 4 atom stereocenters. The number of carbonyl (C=O) groups excluding carboxylic acids is 1. The van der Waals surface area contributed by atoms with Crippen molar-refractivity contribution in [2.45, 2.75) is 12.8 Å². The molecule has 3 aliphatic carbocycles. The third-order valence-electron chi connectivity index (χ3n) is 6.09. The van der Waals surface area contributed by atoms with E-state index in [1.807, 2.05) is 18.2 Å². The van der Waals surface area contributed by atoms with Crippen LogP contribution in [0.1, 0.15) is 23.2 Å². The predicted molar refractivity (Wildman–Crippen MR) is 97.3 cm³/mol. The van der Waals surface area contributed by atoms with E-state index in [0.29, 0.717) is 29.2 Å². The molecule has 1 aliphatic heterocycles. The molecular weight excluding hydrogens is 380 g/mol. The molecule has 1 aromatic carbocycles. The van der Waals surface area contributed by atoms with Gasteiger partial charge in [-0.25, -0.2) is 9.67 Å². The topological polar surface area (TPSA) is 51.0 Å². The highest BCUT2D eigenvalue weighted by Crippen LogP contribution is 2.48. The minimum absolute atomic E-state index is 0.104. The molecule has 0 spiro atoms. The zero-order valence-electron chi connectivity index (χ0n) is 13.8. The van der Waals surface area contributed by atoms with Crippen molar-refractivity contribution in [3.63, 3.8) is 0 Å². The maximum absolute atomic E-state index is 13.3. The first kappa shape index (κ1) is 15.3. The molecule has 5 nitrogen and oxygen atoms in total. The SMILES string of the molecule is O=C(c1ccc(Br)cc1-n1cncn1)N1CC2C3C=CC(CC3)C2C1. The third-order valence-corrected chi connectivity index (χ3v) is 6.59. The molecule has 2 aromatic rings. The second-order valence-electron chi connectivity index (χ2n) is 7.33. The van der Waals surface area contributed by atoms with Crippen LogP contribution in [0.4, 0.5) is 0 Å². The summed E-state index contributed by atoms with van der Waals surface area (Å²) in [6.07, 6.45) is 10.5. The molecule has 128 valence electrons. The lowest BCUT2D eigenvalue weighted by molar-refractivity contribution is 0.0782. The number of aromatic nitrogens is 3. The van der Waals surface area contributed by atoms with Crippen LogP contribution in [0.25, 0.3) is 5.69 Å². The lowest BCUT2D eigenvalue weighted by Crippen LogP contribution is -2.35. The number of hydrogen-bond donors (Lipinski definition) is 0. The molecule has 1 aromatic heterocycles. The Labute approximate surface area is 154 Å². The standard InChI is InChI=1S/C19H19BrN4O/c20-14-5-6-15(18(7-14)24-11-21-10-22-24)19(25)23-8-16-12-1-2-13(4-3-12)17(16)9-23/h1-2,5-7,10-13,16-17H,3-4,8-9H2. The minimum Gasteiger partial charge on any atom is -0.338 e. The van der Waals surface area contributed by atoms with E-state index in [9.17, 15) is 4.79 Å². The average molecular weight is 399 g/mol. The fourth-order valence-corrected chi connectivity index (χ4v) is 5.23. The Kier molecular flexibility index (Phi) is 3.55. The van der Waals surface area contributed by atoms with Gasteiger partial charge in [0.15, 0.2) is 0 Å². The number of halogens is 1. The summed E-state index contributed by atoms with van der Waals surface area (Å²) < 4.78 is 2.58. The van der Waals surface area contributed by atoms with Crippen LogP contribution in [-0.2, 0) is 0 Å². The van der Waals surface area contributed by atoms with Gasteiger partial charge in [0.1, 0.15) is 12.7 Å². The van der Waals surface area contributed by atoms with Crippen molar-refractivity contribution in [1.29, 1.82) is 0 Å². The smallest absolute Gasteiger partial charge is 0.256 e.